The molecule has 0 aromatic rings. The molecule has 0 bridgehead atoms. The van der Waals surface area contributed by atoms with Crippen molar-refractivity contribution in [3.05, 3.63) is 35.2 Å². The average molecular weight is 332 g/mol. The number of aliphatic hydroxyl groups is 2. The third kappa shape index (κ3) is 2.13. The summed E-state index contributed by atoms with van der Waals surface area (Å²) < 4.78 is 14.2. The Hall–Kier alpha value is -0.930. The zero-order valence-electron chi connectivity index (χ0n) is 14.8. The van der Waals surface area contributed by atoms with Crippen LogP contribution >= 0.6 is 0 Å². The summed E-state index contributed by atoms with van der Waals surface area (Å²) in [5, 5.41) is 19.3. The Kier molecular flexibility index (Phi) is 3.81. The van der Waals surface area contributed by atoms with E-state index in [1.807, 2.05) is 6.08 Å². The zero-order chi connectivity index (χ0) is 17.1. The first kappa shape index (κ1) is 16.5. The van der Waals surface area contributed by atoms with Gasteiger partial charge in [-0.3, -0.25) is 0 Å². The second kappa shape index (κ2) is 5.54. The van der Waals surface area contributed by atoms with Gasteiger partial charge in [0, 0.05) is 5.41 Å². The third-order valence-corrected chi connectivity index (χ3v) is 7.85. The Morgan fingerprint density at radius 2 is 2.00 bits per heavy atom. The van der Waals surface area contributed by atoms with Crippen LogP contribution in [0, 0.1) is 28.6 Å². The second-order valence-corrected chi connectivity index (χ2v) is 8.87. The second-order valence-electron chi connectivity index (χ2n) is 8.87. The van der Waals surface area contributed by atoms with Gasteiger partial charge in [-0.2, -0.15) is 0 Å². The van der Waals surface area contributed by atoms with Crippen LogP contribution < -0.4 is 0 Å². The molecule has 3 heteroatoms. The summed E-state index contributed by atoms with van der Waals surface area (Å²) in [5.41, 5.74) is 2.24. The van der Waals surface area contributed by atoms with E-state index in [9.17, 15) is 14.6 Å². The quantitative estimate of drug-likeness (QED) is 0.703. The van der Waals surface area contributed by atoms with E-state index >= 15 is 0 Å². The lowest BCUT2D eigenvalue weighted by Gasteiger charge is -2.57. The van der Waals surface area contributed by atoms with E-state index in [1.165, 1.54) is 5.57 Å². The van der Waals surface area contributed by atoms with Gasteiger partial charge in [0.05, 0.1) is 12.7 Å². The summed E-state index contributed by atoms with van der Waals surface area (Å²) in [6, 6.07) is 0. The molecule has 3 unspecified atom stereocenters. The fraction of sp³-hybridized carbons (Fsp3) is 0.714. The van der Waals surface area contributed by atoms with Crippen molar-refractivity contribution in [2.75, 3.05) is 6.61 Å². The summed E-state index contributed by atoms with van der Waals surface area (Å²) in [4.78, 5) is 0. The molecule has 2 nitrogen and oxygen atoms in total. The fourth-order valence-corrected chi connectivity index (χ4v) is 6.44. The van der Waals surface area contributed by atoms with Gasteiger partial charge >= 0.3 is 0 Å². The van der Waals surface area contributed by atoms with Gasteiger partial charge in [0.25, 0.3) is 0 Å². The summed E-state index contributed by atoms with van der Waals surface area (Å²) in [7, 11) is 0. The molecule has 2 fully saturated rings. The average Bonchev–Trinajstić information content (AvgIpc) is 2.92. The van der Waals surface area contributed by atoms with Gasteiger partial charge in [-0.15, -0.1) is 0 Å². The Morgan fingerprint density at radius 3 is 2.75 bits per heavy atom. The number of allylic oxidation sites excluding steroid dienone is 4. The van der Waals surface area contributed by atoms with E-state index in [4.69, 9.17) is 0 Å². The highest BCUT2D eigenvalue weighted by Crippen LogP contribution is 2.64. The zero-order valence-corrected chi connectivity index (χ0v) is 14.8. The molecule has 0 amide bonds. The third-order valence-electron chi connectivity index (χ3n) is 7.85. The Bertz CT molecular complexity index is 634. The maximum Gasteiger partial charge on any atom is 0.129 e. The van der Waals surface area contributed by atoms with Gasteiger partial charge in [0.1, 0.15) is 5.83 Å². The number of rotatable bonds is 1. The van der Waals surface area contributed by atoms with E-state index in [0.29, 0.717) is 17.8 Å². The summed E-state index contributed by atoms with van der Waals surface area (Å²) in [6.45, 7) is 4.09. The first-order valence-electron chi connectivity index (χ1n) is 9.46. The topological polar surface area (TPSA) is 40.5 Å². The van der Waals surface area contributed by atoms with Crippen LogP contribution in [0.25, 0.3) is 0 Å². The predicted molar refractivity (Wildman–Crippen MR) is 92.8 cm³/mol. The molecule has 0 aliphatic heterocycles. The lowest BCUT2D eigenvalue weighted by Crippen LogP contribution is -2.49. The molecule has 0 heterocycles. The van der Waals surface area contributed by atoms with Crippen molar-refractivity contribution in [1.82, 2.24) is 0 Å². The van der Waals surface area contributed by atoms with Crippen LogP contribution in [0.2, 0.25) is 0 Å². The normalized spacial score (nSPS) is 49.1. The van der Waals surface area contributed by atoms with Crippen molar-refractivity contribution in [3.8, 4) is 0 Å². The minimum absolute atomic E-state index is 0.163. The molecule has 0 aromatic heterocycles. The monoisotopic (exact) mass is 332 g/mol. The number of aliphatic hydroxyl groups excluding tert-OH is 2. The van der Waals surface area contributed by atoms with E-state index in [1.54, 1.807) is 0 Å². The van der Waals surface area contributed by atoms with Crippen molar-refractivity contribution >= 4 is 0 Å². The maximum absolute atomic E-state index is 14.2. The van der Waals surface area contributed by atoms with Gasteiger partial charge in [-0.25, -0.2) is 4.39 Å². The fourth-order valence-electron chi connectivity index (χ4n) is 6.44. The van der Waals surface area contributed by atoms with Gasteiger partial charge in [0.15, 0.2) is 0 Å². The van der Waals surface area contributed by atoms with Crippen molar-refractivity contribution < 1.29 is 14.6 Å². The van der Waals surface area contributed by atoms with Crippen molar-refractivity contribution in [3.63, 3.8) is 0 Å². The molecule has 4 rings (SSSR count). The van der Waals surface area contributed by atoms with Crippen LogP contribution in [0.5, 0.6) is 0 Å². The minimum Gasteiger partial charge on any atom is -0.393 e. The van der Waals surface area contributed by atoms with Crippen LogP contribution in [0.15, 0.2) is 35.2 Å². The number of hydrogen-bond acceptors (Lipinski definition) is 2. The lowest BCUT2D eigenvalue weighted by atomic mass is 9.47. The van der Waals surface area contributed by atoms with Gasteiger partial charge in [0.2, 0.25) is 0 Å². The summed E-state index contributed by atoms with van der Waals surface area (Å²) >= 11 is 0. The minimum atomic E-state index is -0.490. The number of hydrogen-bond donors (Lipinski definition) is 2. The smallest absolute Gasteiger partial charge is 0.129 e. The van der Waals surface area contributed by atoms with E-state index in [0.717, 1.165) is 44.1 Å². The lowest BCUT2D eigenvalue weighted by molar-refractivity contribution is -0.0161. The predicted octanol–water partition coefficient (Wildman–Crippen LogP) is 4.30. The molecular weight excluding hydrogens is 303 g/mol. The Morgan fingerprint density at radius 1 is 1.25 bits per heavy atom. The molecular formula is C21H29FO2. The van der Waals surface area contributed by atoms with E-state index < -0.39 is 6.61 Å². The molecule has 4 aliphatic carbocycles. The molecule has 24 heavy (non-hydrogen) atoms. The Labute approximate surface area is 144 Å². The highest BCUT2D eigenvalue weighted by atomic mass is 19.1. The highest BCUT2D eigenvalue weighted by Gasteiger charge is 2.56. The van der Waals surface area contributed by atoms with Gasteiger partial charge in [-0.05, 0) is 67.3 Å². The molecule has 0 radical (unpaired) electrons. The number of fused-ring (bicyclic) bond motifs is 5. The first-order valence-corrected chi connectivity index (χ1v) is 9.46. The number of halogens is 1. The van der Waals surface area contributed by atoms with Gasteiger partial charge < -0.3 is 10.2 Å². The SMILES string of the molecule is C[C@]12CC[C@H](O)CC1=CCC1C2CC[C@]2(C)/C(=C(\F)CO)C=CC12. The molecule has 0 spiro atoms. The highest BCUT2D eigenvalue weighted by molar-refractivity contribution is 5.40. The van der Waals surface area contributed by atoms with Crippen LogP contribution in [0.1, 0.15) is 52.4 Å². The van der Waals surface area contributed by atoms with E-state index in [-0.39, 0.29) is 22.8 Å². The molecule has 132 valence electrons. The largest absolute Gasteiger partial charge is 0.393 e. The van der Waals surface area contributed by atoms with Crippen molar-refractivity contribution in [2.45, 2.75) is 58.5 Å². The molecule has 4 aliphatic rings. The van der Waals surface area contributed by atoms with Gasteiger partial charge in [-0.1, -0.05) is 37.6 Å². The van der Waals surface area contributed by atoms with E-state index in [2.05, 4.69) is 26.0 Å². The molecule has 0 saturated heterocycles. The standard InChI is InChI=1S/C21H29FO2/c1-20-9-7-14(24)11-13(20)3-4-15-16-5-6-18(19(22)12-23)21(16,2)10-8-17(15)20/h3,5-6,14-17,23-24H,4,7-12H2,1-2H3/b19-18-/t14-,15?,16?,17?,20-,21-/m0/s1. The summed E-state index contributed by atoms with van der Waals surface area (Å²) in [6.07, 6.45) is 12.3. The van der Waals surface area contributed by atoms with Crippen LogP contribution in [0.3, 0.4) is 0 Å². The molecule has 2 saturated carbocycles. The van der Waals surface area contributed by atoms with Crippen molar-refractivity contribution in [1.29, 1.82) is 0 Å². The molecule has 2 N–H and O–H groups in total. The first-order chi connectivity index (χ1) is 11.4. The van der Waals surface area contributed by atoms with Crippen LogP contribution in [-0.2, 0) is 0 Å². The summed E-state index contributed by atoms with van der Waals surface area (Å²) in [5.74, 6) is 1.19. The molecule has 6 atom stereocenters. The molecule has 0 aromatic carbocycles. The maximum atomic E-state index is 14.2. The Balaban J connectivity index is 1.69. The van der Waals surface area contributed by atoms with Crippen molar-refractivity contribution in [2.24, 2.45) is 28.6 Å². The van der Waals surface area contributed by atoms with Crippen LogP contribution in [-0.4, -0.2) is 22.9 Å². The van der Waals surface area contributed by atoms with Crippen LogP contribution in [0.4, 0.5) is 4.39 Å².